The molecule has 1 saturated carbocycles. The average molecular weight is 543 g/mol. The topological polar surface area (TPSA) is 58.1 Å². The first-order chi connectivity index (χ1) is 14.6. The molecule has 2 N–H and O–H groups in total. The molecule has 4 unspecified atom stereocenters. The number of nitrogens with zero attached hydrogens (tertiary/aromatic N) is 2. The first-order valence-electron chi connectivity index (χ1n) is 11.6. The van der Waals surface area contributed by atoms with Crippen molar-refractivity contribution < 1.29 is 9.47 Å². The van der Waals surface area contributed by atoms with Gasteiger partial charge in [0.1, 0.15) is 5.75 Å². The fourth-order valence-corrected chi connectivity index (χ4v) is 5.67. The molecular weight excluding hydrogens is 503 g/mol. The van der Waals surface area contributed by atoms with Gasteiger partial charge in [-0.1, -0.05) is 32.0 Å². The summed E-state index contributed by atoms with van der Waals surface area (Å²) in [6.07, 6.45) is 4.03. The summed E-state index contributed by atoms with van der Waals surface area (Å²) in [6, 6.07) is 9.02. The van der Waals surface area contributed by atoms with E-state index in [0.29, 0.717) is 24.6 Å². The number of ether oxygens (including phenoxy) is 2. The molecule has 6 nitrogen and oxygen atoms in total. The van der Waals surface area contributed by atoms with Crippen molar-refractivity contribution in [2.24, 2.45) is 16.3 Å². The summed E-state index contributed by atoms with van der Waals surface area (Å²) in [5.74, 6) is 2.46. The van der Waals surface area contributed by atoms with Crippen LogP contribution in [0.2, 0.25) is 0 Å². The molecule has 0 amide bonds. The second kappa shape index (κ2) is 10.7. The minimum Gasteiger partial charge on any atom is -0.496 e. The van der Waals surface area contributed by atoms with Gasteiger partial charge in [0, 0.05) is 36.1 Å². The average Bonchev–Trinajstić information content (AvgIpc) is 3.43. The Morgan fingerprint density at radius 2 is 2.03 bits per heavy atom. The van der Waals surface area contributed by atoms with Crippen molar-refractivity contribution in [3.8, 4) is 5.75 Å². The second-order valence-corrected chi connectivity index (χ2v) is 9.41. The van der Waals surface area contributed by atoms with Crippen LogP contribution in [0, 0.1) is 11.3 Å². The molecule has 2 saturated heterocycles. The predicted octanol–water partition coefficient (Wildman–Crippen LogP) is 3.82. The summed E-state index contributed by atoms with van der Waals surface area (Å²) in [5.41, 5.74) is 1.36. The molecule has 0 spiro atoms. The monoisotopic (exact) mass is 542 g/mol. The zero-order valence-electron chi connectivity index (χ0n) is 19.4. The second-order valence-electron chi connectivity index (χ2n) is 9.41. The summed E-state index contributed by atoms with van der Waals surface area (Å²) in [4.78, 5) is 7.62. The number of likely N-dealkylation sites (tertiary alicyclic amines) is 1. The Labute approximate surface area is 204 Å². The van der Waals surface area contributed by atoms with Gasteiger partial charge in [-0.2, -0.15) is 0 Å². The number of fused-ring (bicyclic) bond motifs is 1. The summed E-state index contributed by atoms with van der Waals surface area (Å²) in [7, 11) is 1.76. The largest absolute Gasteiger partial charge is 0.496 e. The Balaban J connectivity index is 0.00000272. The standard InChI is InChI=1S/C24H38N4O2.HI/c1-5-25-23(27-21-18-12-15-30-22(18)24(21,2)3)26-16-19(28-13-8-9-14-28)17-10-6-7-11-20(17)29-4;/h6-7,10-11,18-19,21-22H,5,8-9,12-16H2,1-4H3,(H2,25,26,27);1H. The fraction of sp³-hybridized carbons (Fsp3) is 0.708. The van der Waals surface area contributed by atoms with Crippen LogP contribution in [-0.2, 0) is 4.74 Å². The van der Waals surface area contributed by atoms with E-state index >= 15 is 0 Å². The number of aliphatic imine (C=N–C) groups is 1. The van der Waals surface area contributed by atoms with E-state index in [9.17, 15) is 0 Å². The first-order valence-corrected chi connectivity index (χ1v) is 11.6. The zero-order chi connectivity index (χ0) is 21.1. The summed E-state index contributed by atoms with van der Waals surface area (Å²) in [5, 5.41) is 7.22. The van der Waals surface area contributed by atoms with Crippen LogP contribution in [0.1, 0.15) is 51.6 Å². The molecule has 1 aromatic rings. The van der Waals surface area contributed by atoms with E-state index in [0.717, 1.165) is 44.4 Å². The minimum atomic E-state index is 0. The van der Waals surface area contributed by atoms with Crippen molar-refractivity contribution in [3.05, 3.63) is 29.8 Å². The molecule has 2 heterocycles. The van der Waals surface area contributed by atoms with Crippen molar-refractivity contribution in [3.63, 3.8) is 0 Å². The van der Waals surface area contributed by atoms with Crippen LogP contribution >= 0.6 is 24.0 Å². The van der Waals surface area contributed by atoms with Gasteiger partial charge >= 0.3 is 0 Å². The highest BCUT2D eigenvalue weighted by atomic mass is 127. The molecule has 4 rings (SSSR count). The van der Waals surface area contributed by atoms with Crippen LogP contribution in [0.4, 0.5) is 0 Å². The van der Waals surface area contributed by atoms with Crippen molar-refractivity contribution in [2.45, 2.75) is 58.2 Å². The molecule has 0 radical (unpaired) electrons. The van der Waals surface area contributed by atoms with E-state index < -0.39 is 0 Å². The molecule has 1 aromatic carbocycles. The minimum absolute atomic E-state index is 0. The predicted molar refractivity (Wildman–Crippen MR) is 136 cm³/mol. The van der Waals surface area contributed by atoms with Crippen LogP contribution in [0.15, 0.2) is 29.3 Å². The molecule has 1 aliphatic carbocycles. The molecular formula is C24H39IN4O2. The van der Waals surface area contributed by atoms with E-state index in [1.807, 2.05) is 6.07 Å². The molecule has 0 aromatic heterocycles. The fourth-order valence-electron chi connectivity index (χ4n) is 5.67. The van der Waals surface area contributed by atoms with Crippen molar-refractivity contribution >= 4 is 29.9 Å². The highest BCUT2D eigenvalue weighted by Crippen LogP contribution is 2.52. The van der Waals surface area contributed by atoms with Gasteiger partial charge in [0.05, 0.1) is 25.8 Å². The van der Waals surface area contributed by atoms with Gasteiger partial charge < -0.3 is 20.1 Å². The van der Waals surface area contributed by atoms with Crippen LogP contribution in [0.25, 0.3) is 0 Å². The molecule has 31 heavy (non-hydrogen) atoms. The highest BCUT2D eigenvalue weighted by molar-refractivity contribution is 14.0. The first kappa shape index (κ1) is 24.6. The van der Waals surface area contributed by atoms with Crippen molar-refractivity contribution in [2.75, 3.05) is 39.9 Å². The molecule has 174 valence electrons. The molecule has 4 atom stereocenters. The number of para-hydroxylation sites is 1. The number of halogens is 1. The van der Waals surface area contributed by atoms with Gasteiger partial charge in [-0.3, -0.25) is 9.89 Å². The Bertz CT molecular complexity index is 751. The lowest BCUT2D eigenvalue weighted by Crippen LogP contribution is -2.68. The maximum Gasteiger partial charge on any atom is 0.191 e. The van der Waals surface area contributed by atoms with Gasteiger partial charge in [0.15, 0.2) is 5.96 Å². The number of nitrogens with one attached hydrogen (secondary N) is 2. The summed E-state index contributed by atoms with van der Waals surface area (Å²) in [6.45, 7) is 11.4. The van der Waals surface area contributed by atoms with Crippen LogP contribution in [0.5, 0.6) is 5.75 Å². The quantitative estimate of drug-likeness (QED) is 0.312. The number of rotatable bonds is 7. The maximum atomic E-state index is 5.97. The zero-order valence-corrected chi connectivity index (χ0v) is 21.7. The number of benzene rings is 1. The maximum absolute atomic E-state index is 5.97. The van der Waals surface area contributed by atoms with Crippen LogP contribution in [0.3, 0.4) is 0 Å². The lowest BCUT2D eigenvalue weighted by atomic mass is 9.57. The highest BCUT2D eigenvalue weighted by Gasteiger charge is 2.59. The van der Waals surface area contributed by atoms with Gasteiger partial charge in [-0.15, -0.1) is 24.0 Å². The Hall–Kier alpha value is -1.06. The number of hydrogen-bond donors (Lipinski definition) is 2. The van der Waals surface area contributed by atoms with Gasteiger partial charge in [0.25, 0.3) is 0 Å². The summed E-state index contributed by atoms with van der Waals surface area (Å²) < 4.78 is 11.7. The van der Waals surface area contributed by atoms with E-state index in [4.69, 9.17) is 14.5 Å². The third-order valence-corrected chi connectivity index (χ3v) is 7.24. The Morgan fingerprint density at radius 3 is 2.74 bits per heavy atom. The Morgan fingerprint density at radius 1 is 1.29 bits per heavy atom. The lowest BCUT2D eigenvalue weighted by molar-refractivity contribution is -0.106. The third kappa shape index (κ3) is 4.98. The van der Waals surface area contributed by atoms with E-state index in [1.165, 1.54) is 18.4 Å². The van der Waals surface area contributed by atoms with Gasteiger partial charge in [-0.05, 0) is 45.3 Å². The molecule has 2 aliphatic heterocycles. The number of hydrogen-bond acceptors (Lipinski definition) is 4. The number of methoxy groups -OCH3 is 1. The van der Waals surface area contributed by atoms with E-state index in [-0.39, 0.29) is 35.4 Å². The third-order valence-electron chi connectivity index (χ3n) is 7.24. The molecule has 7 heteroatoms. The van der Waals surface area contributed by atoms with Gasteiger partial charge in [0.2, 0.25) is 0 Å². The normalized spacial score (nSPS) is 28.3. The molecule has 3 aliphatic rings. The SMILES string of the molecule is CCNC(=NCC(c1ccccc1OC)N1CCCC1)NC1C2CCOC2C1(C)C.I. The van der Waals surface area contributed by atoms with Gasteiger partial charge in [-0.25, -0.2) is 0 Å². The van der Waals surface area contributed by atoms with Crippen LogP contribution in [-0.4, -0.2) is 62.9 Å². The number of guanidine groups is 1. The smallest absolute Gasteiger partial charge is 0.191 e. The van der Waals surface area contributed by atoms with Crippen LogP contribution < -0.4 is 15.4 Å². The lowest BCUT2D eigenvalue weighted by Gasteiger charge is -2.55. The van der Waals surface area contributed by atoms with Crippen molar-refractivity contribution in [1.29, 1.82) is 0 Å². The Kier molecular flexibility index (Phi) is 8.49. The summed E-state index contributed by atoms with van der Waals surface area (Å²) >= 11 is 0. The van der Waals surface area contributed by atoms with E-state index in [2.05, 4.69) is 54.5 Å². The van der Waals surface area contributed by atoms with E-state index in [1.54, 1.807) is 7.11 Å². The van der Waals surface area contributed by atoms with Crippen molar-refractivity contribution in [1.82, 2.24) is 15.5 Å². The molecule has 0 bridgehead atoms. The molecule has 3 fully saturated rings.